The normalized spacial score (nSPS) is 17.8. The summed E-state index contributed by atoms with van der Waals surface area (Å²) >= 11 is 0. The lowest BCUT2D eigenvalue weighted by molar-refractivity contribution is -0.116. The molecule has 2 rings (SSSR count). The van der Waals surface area contributed by atoms with Crippen LogP contribution in [-0.4, -0.2) is 51.9 Å². The number of para-hydroxylation sites is 1. The molecule has 7 nitrogen and oxygen atoms in total. The second-order valence-electron chi connectivity index (χ2n) is 5.81. The van der Waals surface area contributed by atoms with Gasteiger partial charge in [-0.1, -0.05) is 18.2 Å². The summed E-state index contributed by atoms with van der Waals surface area (Å²) in [5, 5.41) is 8.97. The third kappa shape index (κ3) is 5.52. The van der Waals surface area contributed by atoms with Crippen LogP contribution in [0.5, 0.6) is 0 Å². The number of carbonyl (C=O) groups excluding carboxylic acids is 1. The molecule has 1 aromatic rings. The van der Waals surface area contributed by atoms with E-state index in [9.17, 15) is 13.2 Å². The number of nitrogens with zero attached hydrogens (tertiary/aromatic N) is 1. The molecule has 24 heavy (non-hydrogen) atoms. The standard InChI is InChI=1S/C16H24N4O3S/c1-3-17-16(18-8-9-24(2,22)23)19-11-12-10-15(21)20-14-7-5-4-6-13(12)14/h4-7,12H,3,8-11H2,1-2H3,(H,20,21)(H2,17,18,19). The fourth-order valence-corrected chi connectivity index (χ4v) is 3.04. The second kappa shape index (κ2) is 8.14. The van der Waals surface area contributed by atoms with Gasteiger partial charge in [-0.05, 0) is 18.6 Å². The molecule has 0 radical (unpaired) electrons. The first-order valence-corrected chi connectivity index (χ1v) is 10.0. The van der Waals surface area contributed by atoms with Crippen LogP contribution in [-0.2, 0) is 14.6 Å². The largest absolute Gasteiger partial charge is 0.357 e. The van der Waals surface area contributed by atoms with Gasteiger partial charge in [-0.15, -0.1) is 0 Å². The molecule has 1 aromatic carbocycles. The average molecular weight is 352 g/mol. The SMILES string of the molecule is CCNC(=NCC1CC(=O)Nc2ccccc21)NCCS(C)(=O)=O. The first-order valence-electron chi connectivity index (χ1n) is 7.97. The Kier molecular flexibility index (Phi) is 6.19. The van der Waals surface area contributed by atoms with Crippen molar-refractivity contribution >= 4 is 27.4 Å². The molecule has 0 aromatic heterocycles. The van der Waals surface area contributed by atoms with Gasteiger partial charge in [0.1, 0.15) is 9.84 Å². The van der Waals surface area contributed by atoms with Crippen LogP contribution in [0.3, 0.4) is 0 Å². The highest BCUT2D eigenvalue weighted by Crippen LogP contribution is 2.31. The molecular formula is C16H24N4O3S. The Morgan fingerprint density at radius 3 is 2.79 bits per heavy atom. The first-order chi connectivity index (χ1) is 11.4. The van der Waals surface area contributed by atoms with Crippen LogP contribution in [0.15, 0.2) is 29.3 Å². The van der Waals surface area contributed by atoms with Crippen molar-refractivity contribution in [1.29, 1.82) is 0 Å². The summed E-state index contributed by atoms with van der Waals surface area (Å²) < 4.78 is 22.4. The average Bonchev–Trinajstić information content (AvgIpc) is 2.51. The summed E-state index contributed by atoms with van der Waals surface area (Å²) in [4.78, 5) is 16.3. The summed E-state index contributed by atoms with van der Waals surface area (Å²) in [7, 11) is -3.02. The number of fused-ring (bicyclic) bond motifs is 1. The molecule has 0 bridgehead atoms. The van der Waals surface area contributed by atoms with E-state index in [0.29, 0.717) is 32.0 Å². The van der Waals surface area contributed by atoms with Gasteiger partial charge in [-0.3, -0.25) is 9.79 Å². The maximum Gasteiger partial charge on any atom is 0.225 e. The van der Waals surface area contributed by atoms with Gasteiger partial charge in [0.25, 0.3) is 0 Å². The van der Waals surface area contributed by atoms with E-state index >= 15 is 0 Å². The lowest BCUT2D eigenvalue weighted by Crippen LogP contribution is -2.40. The van der Waals surface area contributed by atoms with Crippen molar-refractivity contribution in [2.75, 3.05) is 37.0 Å². The van der Waals surface area contributed by atoms with Gasteiger partial charge in [-0.25, -0.2) is 8.42 Å². The molecule has 1 aliphatic rings. The number of guanidine groups is 1. The highest BCUT2D eigenvalue weighted by molar-refractivity contribution is 7.90. The molecule has 132 valence electrons. The van der Waals surface area contributed by atoms with E-state index in [0.717, 1.165) is 11.3 Å². The lowest BCUT2D eigenvalue weighted by Gasteiger charge is -2.24. The molecule has 3 N–H and O–H groups in total. The minimum absolute atomic E-state index is 0.0102. The molecule has 0 aliphatic carbocycles. The number of sulfone groups is 1. The Bertz CT molecular complexity index is 716. The van der Waals surface area contributed by atoms with Gasteiger partial charge in [0.15, 0.2) is 5.96 Å². The van der Waals surface area contributed by atoms with Crippen molar-refractivity contribution in [3.8, 4) is 0 Å². The van der Waals surface area contributed by atoms with Crippen LogP contribution in [0.25, 0.3) is 0 Å². The Morgan fingerprint density at radius 1 is 1.33 bits per heavy atom. The zero-order valence-electron chi connectivity index (χ0n) is 14.0. The molecule has 0 saturated heterocycles. The molecule has 1 aliphatic heterocycles. The van der Waals surface area contributed by atoms with Gasteiger partial charge in [0.05, 0.1) is 12.3 Å². The molecule has 1 amide bonds. The molecule has 1 unspecified atom stereocenters. The van der Waals surface area contributed by atoms with Crippen molar-refractivity contribution in [2.45, 2.75) is 19.3 Å². The van der Waals surface area contributed by atoms with Crippen molar-refractivity contribution < 1.29 is 13.2 Å². The van der Waals surface area contributed by atoms with Gasteiger partial charge >= 0.3 is 0 Å². The van der Waals surface area contributed by atoms with Crippen LogP contribution in [0.2, 0.25) is 0 Å². The van der Waals surface area contributed by atoms with E-state index in [4.69, 9.17) is 0 Å². The zero-order valence-corrected chi connectivity index (χ0v) is 14.8. The smallest absolute Gasteiger partial charge is 0.225 e. The number of hydrogen-bond donors (Lipinski definition) is 3. The van der Waals surface area contributed by atoms with Crippen molar-refractivity contribution in [1.82, 2.24) is 10.6 Å². The number of amides is 1. The fraction of sp³-hybridized carbons (Fsp3) is 0.500. The maximum atomic E-state index is 11.8. The van der Waals surface area contributed by atoms with Crippen LogP contribution in [0.1, 0.15) is 24.8 Å². The number of carbonyl (C=O) groups is 1. The molecule has 0 saturated carbocycles. The number of hydrogen-bond acceptors (Lipinski definition) is 4. The van der Waals surface area contributed by atoms with Crippen LogP contribution >= 0.6 is 0 Å². The van der Waals surface area contributed by atoms with E-state index in [1.165, 1.54) is 6.26 Å². The third-order valence-corrected chi connectivity index (χ3v) is 4.63. The fourth-order valence-electron chi connectivity index (χ4n) is 2.56. The molecule has 1 heterocycles. The summed E-state index contributed by atoms with van der Waals surface area (Å²) in [6.07, 6.45) is 1.60. The van der Waals surface area contributed by atoms with E-state index in [1.54, 1.807) is 0 Å². The second-order valence-corrected chi connectivity index (χ2v) is 8.07. The minimum atomic E-state index is -3.02. The van der Waals surface area contributed by atoms with E-state index in [2.05, 4.69) is 20.9 Å². The monoisotopic (exact) mass is 352 g/mol. The van der Waals surface area contributed by atoms with Crippen molar-refractivity contribution in [3.63, 3.8) is 0 Å². The van der Waals surface area contributed by atoms with E-state index in [1.807, 2.05) is 31.2 Å². The zero-order chi connectivity index (χ0) is 17.6. The third-order valence-electron chi connectivity index (χ3n) is 3.69. The van der Waals surface area contributed by atoms with Gasteiger partial charge in [-0.2, -0.15) is 0 Å². The maximum absolute atomic E-state index is 11.8. The molecular weight excluding hydrogens is 328 g/mol. The summed E-state index contributed by atoms with van der Waals surface area (Å²) in [6.45, 7) is 3.37. The summed E-state index contributed by atoms with van der Waals surface area (Å²) in [6, 6.07) is 7.72. The lowest BCUT2D eigenvalue weighted by atomic mass is 9.91. The van der Waals surface area contributed by atoms with Gasteiger partial charge in [0, 0.05) is 37.4 Å². The predicted octanol–water partition coefficient (Wildman–Crippen LogP) is 0.712. The quantitative estimate of drug-likeness (QED) is 0.517. The number of anilines is 1. The minimum Gasteiger partial charge on any atom is -0.357 e. The highest BCUT2D eigenvalue weighted by Gasteiger charge is 2.24. The number of benzene rings is 1. The van der Waals surface area contributed by atoms with Gasteiger partial charge in [0.2, 0.25) is 5.91 Å². The van der Waals surface area contributed by atoms with Crippen LogP contribution in [0.4, 0.5) is 5.69 Å². The Labute approximate surface area is 142 Å². The van der Waals surface area contributed by atoms with Crippen molar-refractivity contribution in [3.05, 3.63) is 29.8 Å². The molecule has 0 fully saturated rings. The Balaban J connectivity index is 2.04. The van der Waals surface area contributed by atoms with Crippen LogP contribution in [0, 0.1) is 0 Å². The van der Waals surface area contributed by atoms with E-state index < -0.39 is 9.84 Å². The van der Waals surface area contributed by atoms with Crippen LogP contribution < -0.4 is 16.0 Å². The number of rotatable bonds is 6. The number of aliphatic imine (C=N–C) groups is 1. The number of nitrogens with one attached hydrogen (secondary N) is 3. The molecule has 0 spiro atoms. The summed E-state index contributed by atoms with van der Waals surface area (Å²) in [5.74, 6) is 0.611. The Morgan fingerprint density at radius 2 is 2.08 bits per heavy atom. The topological polar surface area (TPSA) is 99.7 Å². The van der Waals surface area contributed by atoms with Gasteiger partial charge < -0.3 is 16.0 Å². The highest BCUT2D eigenvalue weighted by atomic mass is 32.2. The van der Waals surface area contributed by atoms with E-state index in [-0.39, 0.29) is 17.6 Å². The molecule has 8 heteroatoms. The Hall–Kier alpha value is -2.09. The summed E-state index contributed by atoms with van der Waals surface area (Å²) in [5.41, 5.74) is 1.91. The first kappa shape index (κ1) is 18.3. The molecule has 1 atom stereocenters. The predicted molar refractivity (Wildman–Crippen MR) is 96.1 cm³/mol. The van der Waals surface area contributed by atoms with Crippen molar-refractivity contribution in [2.24, 2.45) is 4.99 Å².